The number of hydrogen-bond acceptors (Lipinski definition) is 6. The SMILES string of the molecule is CCOC(=O)[C@@](C)(O)[C@H](O)[C@@H]1C[C@@H](O)C(C)(C)[C@@H]1O. The van der Waals surface area contributed by atoms with Crippen molar-refractivity contribution in [2.75, 3.05) is 6.61 Å². The Morgan fingerprint density at radius 3 is 2.37 bits per heavy atom. The maximum Gasteiger partial charge on any atom is 0.340 e. The first kappa shape index (κ1) is 16.4. The van der Waals surface area contributed by atoms with Gasteiger partial charge in [-0.1, -0.05) is 13.8 Å². The molecule has 0 aliphatic heterocycles. The van der Waals surface area contributed by atoms with Crippen LogP contribution in [0, 0.1) is 11.3 Å². The van der Waals surface area contributed by atoms with E-state index in [9.17, 15) is 25.2 Å². The number of esters is 1. The molecule has 6 nitrogen and oxygen atoms in total. The summed E-state index contributed by atoms with van der Waals surface area (Å²) in [7, 11) is 0. The molecule has 0 saturated heterocycles. The highest BCUT2D eigenvalue weighted by Gasteiger charge is 2.55. The van der Waals surface area contributed by atoms with Gasteiger partial charge < -0.3 is 25.2 Å². The molecule has 19 heavy (non-hydrogen) atoms. The van der Waals surface area contributed by atoms with Crippen LogP contribution >= 0.6 is 0 Å². The molecule has 0 aromatic rings. The topological polar surface area (TPSA) is 107 Å². The van der Waals surface area contributed by atoms with Gasteiger partial charge in [-0.2, -0.15) is 0 Å². The summed E-state index contributed by atoms with van der Waals surface area (Å²) in [4.78, 5) is 11.6. The average molecular weight is 276 g/mol. The number of hydrogen-bond donors (Lipinski definition) is 4. The second kappa shape index (κ2) is 5.36. The Hall–Kier alpha value is -0.690. The minimum Gasteiger partial charge on any atom is -0.464 e. The third-order valence-electron chi connectivity index (χ3n) is 4.19. The Morgan fingerprint density at radius 2 is 2.00 bits per heavy atom. The molecule has 1 rings (SSSR count). The van der Waals surface area contributed by atoms with Crippen LogP contribution in [0.4, 0.5) is 0 Å². The van der Waals surface area contributed by atoms with E-state index in [1.54, 1.807) is 20.8 Å². The second-order valence-corrected chi connectivity index (χ2v) is 5.99. The first-order valence-electron chi connectivity index (χ1n) is 6.50. The molecule has 0 unspecified atom stereocenters. The van der Waals surface area contributed by atoms with Gasteiger partial charge in [0.25, 0.3) is 0 Å². The predicted octanol–water partition coefficient (Wildman–Crippen LogP) is -0.571. The van der Waals surface area contributed by atoms with Crippen LogP contribution in [0.2, 0.25) is 0 Å². The smallest absolute Gasteiger partial charge is 0.340 e. The van der Waals surface area contributed by atoms with Crippen LogP contribution in [0.25, 0.3) is 0 Å². The summed E-state index contributed by atoms with van der Waals surface area (Å²) in [6.07, 6.45) is -3.21. The van der Waals surface area contributed by atoms with Gasteiger partial charge >= 0.3 is 5.97 Å². The molecule has 0 amide bonds. The van der Waals surface area contributed by atoms with E-state index >= 15 is 0 Å². The van der Waals surface area contributed by atoms with Gasteiger partial charge in [0, 0.05) is 11.3 Å². The Bertz CT molecular complexity index is 338. The van der Waals surface area contributed by atoms with Crippen molar-refractivity contribution in [3.8, 4) is 0 Å². The van der Waals surface area contributed by atoms with Gasteiger partial charge in [0.1, 0.15) is 0 Å². The third-order valence-corrected chi connectivity index (χ3v) is 4.19. The highest BCUT2D eigenvalue weighted by molar-refractivity contribution is 5.79. The monoisotopic (exact) mass is 276 g/mol. The van der Waals surface area contributed by atoms with E-state index in [0.717, 1.165) is 6.92 Å². The van der Waals surface area contributed by atoms with Crippen LogP contribution in [0.3, 0.4) is 0 Å². The van der Waals surface area contributed by atoms with Crippen molar-refractivity contribution < 1.29 is 30.0 Å². The summed E-state index contributed by atoms with van der Waals surface area (Å²) >= 11 is 0. The summed E-state index contributed by atoms with van der Waals surface area (Å²) in [6, 6.07) is 0. The van der Waals surface area contributed by atoms with E-state index in [-0.39, 0.29) is 13.0 Å². The van der Waals surface area contributed by atoms with Gasteiger partial charge in [-0.25, -0.2) is 4.79 Å². The van der Waals surface area contributed by atoms with Crippen LogP contribution in [-0.4, -0.2) is 56.9 Å². The Morgan fingerprint density at radius 1 is 1.47 bits per heavy atom. The molecule has 5 atom stereocenters. The minimum atomic E-state index is -2.11. The number of aliphatic hydroxyl groups excluding tert-OH is 3. The van der Waals surface area contributed by atoms with E-state index in [0.29, 0.717) is 0 Å². The van der Waals surface area contributed by atoms with Crippen LogP contribution in [0.5, 0.6) is 0 Å². The number of rotatable bonds is 4. The zero-order valence-corrected chi connectivity index (χ0v) is 11.8. The molecule has 0 radical (unpaired) electrons. The fourth-order valence-electron chi connectivity index (χ4n) is 2.56. The van der Waals surface area contributed by atoms with E-state index in [1.165, 1.54) is 0 Å². The first-order chi connectivity index (χ1) is 8.56. The van der Waals surface area contributed by atoms with Crippen LogP contribution in [-0.2, 0) is 9.53 Å². The summed E-state index contributed by atoms with van der Waals surface area (Å²) < 4.78 is 4.71. The van der Waals surface area contributed by atoms with Crippen molar-refractivity contribution in [2.24, 2.45) is 11.3 Å². The second-order valence-electron chi connectivity index (χ2n) is 5.99. The number of ether oxygens (including phenoxy) is 1. The van der Waals surface area contributed by atoms with Crippen LogP contribution in [0.15, 0.2) is 0 Å². The summed E-state index contributed by atoms with van der Waals surface area (Å²) in [6.45, 7) is 6.18. The molecule has 0 aromatic carbocycles. The lowest BCUT2D eigenvalue weighted by atomic mass is 9.81. The number of aliphatic hydroxyl groups is 4. The fourth-order valence-corrected chi connectivity index (χ4v) is 2.56. The van der Waals surface area contributed by atoms with Crippen molar-refractivity contribution in [1.29, 1.82) is 0 Å². The molecule has 6 heteroatoms. The zero-order valence-electron chi connectivity index (χ0n) is 11.8. The number of carbonyl (C=O) groups is 1. The molecule has 0 bridgehead atoms. The van der Waals surface area contributed by atoms with Gasteiger partial charge in [0.05, 0.1) is 24.9 Å². The normalized spacial score (nSPS) is 34.6. The molecular formula is C13H24O6. The Balaban J connectivity index is 2.89. The molecule has 1 fully saturated rings. The van der Waals surface area contributed by atoms with Gasteiger partial charge in [0.2, 0.25) is 0 Å². The maximum absolute atomic E-state index is 11.6. The average Bonchev–Trinajstić information content (AvgIpc) is 2.52. The molecule has 1 aliphatic rings. The van der Waals surface area contributed by atoms with Crippen molar-refractivity contribution in [3.05, 3.63) is 0 Å². The minimum absolute atomic E-state index is 0.0864. The van der Waals surface area contributed by atoms with Crippen LogP contribution in [0.1, 0.15) is 34.1 Å². The highest BCUT2D eigenvalue weighted by atomic mass is 16.6. The summed E-state index contributed by atoms with van der Waals surface area (Å²) in [5.41, 5.74) is -2.90. The van der Waals surface area contributed by atoms with Gasteiger partial charge in [-0.3, -0.25) is 0 Å². The van der Waals surface area contributed by atoms with E-state index in [2.05, 4.69) is 0 Å². The van der Waals surface area contributed by atoms with E-state index in [4.69, 9.17) is 4.74 Å². The van der Waals surface area contributed by atoms with Crippen molar-refractivity contribution in [2.45, 2.75) is 58.0 Å². The maximum atomic E-state index is 11.6. The molecule has 0 heterocycles. The van der Waals surface area contributed by atoms with Gasteiger partial charge in [-0.15, -0.1) is 0 Å². The first-order valence-corrected chi connectivity index (χ1v) is 6.50. The summed E-state index contributed by atoms with van der Waals surface area (Å²) in [5, 5.41) is 40.3. The van der Waals surface area contributed by atoms with Gasteiger partial charge in [0.15, 0.2) is 5.60 Å². The molecule has 1 saturated carbocycles. The third kappa shape index (κ3) is 2.76. The largest absolute Gasteiger partial charge is 0.464 e. The lowest BCUT2D eigenvalue weighted by molar-refractivity contribution is -0.182. The van der Waals surface area contributed by atoms with Gasteiger partial charge in [-0.05, 0) is 20.3 Å². The number of carbonyl (C=O) groups excluding carboxylic acids is 1. The Labute approximate surface area is 113 Å². The molecular weight excluding hydrogens is 252 g/mol. The standard InChI is InChI=1S/C13H24O6/c1-5-19-11(17)13(4,18)10(16)7-6-8(14)12(2,3)9(7)15/h7-10,14-16,18H,5-6H2,1-4H3/t7-,8-,9-,10-,13+/m1/s1. The Kier molecular flexibility index (Phi) is 4.62. The lowest BCUT2D eigenvalue weighted by Gasteiger charge is -2.34. The predicted molar refractivity (Wildman–Crippen MR) is 67.2 cm³/mol. The molecule has 1 aliphatic carbocycles. The summed E-state index contributed by atoms with van der Waals surface area (Å²) in [5.74, 6) is -1.72. The fraction of sp³-hybridized carbons (Fsp3) is 0.923. The molecule has 4 N–H and O–H groups in total. The van der Waals surface area contributed by atoms with Crippen molar-refractivity contribution >= 4 is 5.97 Å². The zero-order chi connectivity index (χ0) is 15.0. The van der Waals surface area contributed by atoms with E-state index in [1.807, 2.05) is 0 Å². The molecule has 0 aromatic heterocycles. The van der Waals surface area contributed by atoms with Crippen LogP contribution < -0.4 is 0 Å². The van der Waals surface area contributed by atoms with Crippen molar-refractivity contribution in [1.82, 2.24) is 0 Å². The quantitative estimate of drug-likeness (QED) is 0.512. The van der Waals surface area contributed by atoms with Crippen molar-refractivity contribution in [3.63, 3.8) is 0 Å². The molecule has 0 spiro atoms. The molecule has 112 valence electrons. The van der Waals surface area contributed by atoms with E-state index < -0.39 is 41.2 Å². The lowest BCUT2D eigenvalue weighted by Crippen LogP contribution is -2.53. The highest BCUT2D eigenvalue weighted by Crippen LogP contribution is 2.44.